The van der Waals surface area contributed by atoms with Crippen molar-refractivity contribution in [2.75, 3.05) is 131 Å². The number of para-hydroxylation sites is 4. The van der Waals surface area contributed by atoms with Crippen LogP contribution in [0.4, 0.5) is 0 Å². The minimum Gasteiger partial charge on any atom is -0.491 e. The molecule has 4 rings (SSSR count). The summed E-state index contributed by atoms with van der Waals surface area (Å²) >= 11 is 0. The van der Waals surface area contributed by atoms with Gasteiger partial charge in [0.25, 0.3) is 0 Å². The van der Waals surface area contributed by atoms with Gasteiger partial charge in [0.2, 0.25) is 0 Å². The summed E-state index contributed by atoms with van der Waals surface area (Å²) in [6.45, 7) is 8.52. The lowest BCUT2D eigenvalue weighted by molar-refractivity contribution is 0.0521. The molecular weight excluding hydrogens is 797 g/mol. The molecule has 0 radical (unpaired) electrons. The Labute approximate surface area is 354 Å². The lowest BCUT2D eigenvalue weighted by Crippen LogP contribution is -2.35. The third kappa shape index (κ3) is 24.1. The summed E-state index contributed by atoms with van der Waals surface area (Å²) in [4.78, 5) is 4.18. The Balaban J connectivity index is 1.14. The monoisotopic (exact) mass is 856 g/mol. The van der Waals surface area contributed by atoms with E-state index in [2.05, 4.69) is 9.80 Å². The Kier molecular flexibility index (Phi) is 25.1. The van der Waals surface area contributed by atoms with Crippen molar-refractivity contribution in [3.05, 3.63) is 121 Å². The smallest absolute Gasteiger partial charge is 0.322 e. The van der Waals surface area contributed by atoms with E-state index in [0.717, 1.165) is 33.8 Å². The summed E-state index contributed by atoms with van der Waals surface area (Å²) in [6, 6.07) is 38.4. The first-order valence-electron chi connectivity index (χ1n) is 20.1. The second-order valence-electron chi connectivity index (χ2n) is 12.8. The number of ether oxygens (including phenoxy) is 8. The predicted octanol–water partition coefficient (Wildman–Crippen LogP) is 5.97. The van der Waals surface area contributed by atoms with E-state index in [1.165, 1.54) is 0 Å². The Morgan fingerprint density at radius 1 is 0.356 bits per heavy atom. The van der Waals surface area contributed by atoms with Crippen LogP contribution in [0.2, 0.25) is 0 Å². The Bertz CT molecular complexity index is 1460. The summed E-state index contributed by atoms with van der Waals surface area (Å²) in [5.41, 5.74) is 0. The van der Waals surface area contributed by atoms with Gasteiger partial charge < -0.3 is 37.9 Å². The van der Waals surface area contributed by atoms with Gasteiger partial charge in [0, 0.05) is 45.0 Å². The highest BCUT2D eigenvalue weighted by atomic mass is 33.1. The van der Waals surface area contributed by atoms with E-state index in [1.807, 2.05) is 121 Å². The molecule has 0 aliphatic carbocycles. The fourth-order valence-electron chi connectivity index (χ4n) is 5.37. The molecule has 0 unspecified atom stereocenters. The molecule has 0 heterocycles. The fourth-order valence-corrected chi connectivity index (χ4v) is 7.49. The van der Waals surface area contributed by atoms with E-state index >= 15 is 0 Å². The van der Waals surface area contributed by atoms with E-state index in [-0.39, 0.29) is 6.61 Å². The molecule has 0 spiro atoms. The van der Waals surface area contributed by atoms with Crippen molar-refractivity contribution in [2.24, 2.45) is 0 Å². The molecule has 0 N–H and O–H groups in total. The number of hydrogen-bond donors (Lipinski definition) is 0. The van der Waals surface area contributed by atoms with Gasteiger partial charge in [-0.15, -0.1) is 0 Å². The third-order valence-corrected chi connectivity index (χ3v) is 11.2. The molecule has 0 saturated carbocycles. The first-order valence-corrected chi connectivity index (χ1v) is 23.0. The maximum absolute atomic E-state index is 12.9. The molecule has 0 aliphatic rings. The van der Waals surface area contributed by atoms with E-state index in [0.29, 0.717) is 124 Å². The van der Waals surface area contributed by atoms with Crippen molar-refractivity contribution >= 4 is 19.9 Å². The van der Waals surface area contributed by atoms with Gasteiger partial charge in [0.15, 0.2) is 0 Å². The highest BCUT2D eigenvalue weighted by Crippen LogP contribution is 2.15. The van der Waals surface area contributed by atoms with Crippen LogP contribution in [-0.2, 0) is 32.3 Å². The van der Waals surface area contributed by atoms with Crippen LogP contribution in [0.15, 0.2) is 121 Å². The van der Waals surface area contributed by atoms with E-state index in [4.69, 9.17) is 42.1 Å². The average Bonchev–Trinajstić information content (AvgIpc) is 3.26. The molecule has 324 valence electrons. The number of rotatable bonds is 36. The highest BCUT2D eigenvalue weighted by Gasteiger charge is 2.16. The molecule has 0 aliphatic heterocycles. The van der Waals surface area contributed by atoms with Crippen LogP contribution >= 0.6 is 10.8 Å². The zero-order valence-electron chi connectivity index (χ0n) is 33.9. The van der Waals surface area contributed by atoms with Crippen molar-refractivity contribution in [3.63, 3.8) is 0 Å². The molecular formula is C44H60N2O11S2. The lowest BCUT2D eigenvalue weighted by atomic mass is 10.3. The maximum atomic E-state index is 12.9. The standard InChI is InChI=1S/C44H60N2O11S2/c47-59(48,57-31-25-45(21-27-49-32-36-53-41-13-5-1-6-14-41)22-28-50-33-37-54-42-15-7-2-8-16-42)58-40-26-46(23-29-51-34-38-55-43-17-9-3-10-18-43)24-30-52-35-39-56-44-19-11-4-12-20-44/h1-20H,21-40H2. The van der Waals surface area contributed by atoms with Gasteiger partial charge >= 0.3 is 9.15 Å². The molecule has 0 fully saturated rings. The predicted molar refractivity (Wildman–Crippen MR) is 231 cm³/mol. The van der Waals surface area contributed by atoms with Crippen LogP contribution in [0.25, 0.3) is 0 Å². The molecule has 4 aromatic carbocycles. The number of benzene rings is 4. The largest absolute Gasteiger partial charge is 0.491 e. The van der Waals surface area contributed by atoms with Gasteiger partial charge in [-0.25, -0.2) is 0 Å². The van der Waals surface area contributed by atoms with Crippen LogP contribution < -0.4 is 18.9 Å². The van der Waals surface area contributed by atoms with Crippen LogP contribution in [0.5, 0.6) is 23.0 Å². The van der Waals surface area contributed by atoms with Crippen molar-refractivity contribution in [1.82, 2.24) is 9.80 Å². The highest BCUT2D eigenvalue weighted by molar-refractivity contribution is 8.70. The minimum absolute atomic E-state index is 0.00503. The number of hydrogen-bond acceptors (Lipinski definition) is 14. The quantitative estimate of drug-likeness (QED) is 0.0395. The molecule has 0 saturated heterocycles. The molecule has 0 aromatic heterocycles. The Hall–Kier alpha value is -3.90. The first-order chi connectivity index (χ1) is 29.1. The Morgan fingerprint density at radius 3 is 0.966 bits per heavy atom. The average molecular weight is 857 g/mol. The van der Waals surface area contributed by atoms with Crippen LogP contribution in [-0.4, -0.2) is 149 Å². The summed E-state index contributed by atoms with van der Waals surface area (Å²) < 4.78 is 77.4. The third-order valence-electron chi connectivity index (χ3n) is 8.44. The van der Waals surface area contributed by atoms with Crippen molar-refractivity contribution in [2.45, 2.75) is 0 Å². The van der Waals surface area contributed by atoms with E-state index < -0.39 is 9.15 Å². The molecule has 4 aromatic rings. The van der Waals surface area contributed by atoms with Gasteiger partial charge in [-0.3, -0.25) is 14.0 Å². The van der Waals surface area contributed by atoms with Crippen LogP contribution in [0.3, 0.4) is 0 Å². The number of nitrogens with zero attached hydrogens (tertiary/aromatic N) is 2. The zero-order valence-corrected chi connectivity index (χ0v) is 35.5. The van der Waals surface area contributed by atoms with Gasteiger partial charge in [0.1, 0.15) is 49.4 Å². The molecule has 15 heteroatoms. The fraction of sp³-hybridized carbons (Fsp3) is 0.455. The van der Waals surface area contributed by atoms with Gasteiger partial charge in [-0.05, 0) is 59.3 Å². The topological polar surface area (TPSA) is 124 Å². The Morgan fingerprint density at radius 2 is 0.644 bits per heavy atom. The lowest BCUT2D eigenvalue weighted by Gasteiger charge is -2.23. The normalized spacial score (nSPS) is 11.6. The van der Waals surface area contributed by atoms with Gasteiger partial charge in [-0.2, -0.15) is 8.42 Å². The molecule has 13 nitrogen and oxygen atoms in total. The summed E-state index contributed by atoms with van der Waals surface area (Å²) in [6.07, 6.45) is 0. The summed E-state index contributed by atoms with van der Waals surface area (Å²) in [5.74, 6) is 3.49. The van der Waals surface area contributed by atoms with Crippen LogP contribution in [0.1, 0.15) is 0 Å². The summed E-state index contributed by atoms with van der Waals surface area (Å²) in [7, 11) is -3.05. The van der Waals surface area contributed by atoms with Crippen molar-refractivity contribution < 1.29 is 50.5 Å². The van der Waals surface area contributed by atoms with E-state index in [1.54, 1.807) is 0 Å². The SMILES string of the molecule is O=S(=O)(OCCN(CCOCCOc1ccccc1)CCOCCOc1ccccc1)SCCN(CCOCCOc1ccccc1)CCOCCOc1ccccc1. The zero-order chi connectivity index (χ0) is 41.3. The minimum atomic E-state index is -3.84. The first kappa shape index (κ1) is 47.8. The maximum Gasteiger partial charge on any atom is 0.322 e. The molecule has 59 heavy (non-hydrogen) atoms. The summed E-state index contributed by atoms with van der Waals surface area (Å²) in [5, 5.41) is 0. The molecule has 0 atom stereocenters. The second kappa shape index (κ2) is 31.0. The van der Waals surface area contributed by atoms with Crippen molar-refractivity contribution in [1.29, 1.82) is 0 Å². The van der Waals surface area contributed by atoms with Crippen molar-refractivity contribution in [3.8, 4) is 23.0 Å². The second-order valence-corrected chi connectivity index (χ2v) is 16.5. The molecule has 0 bridgehead atoms. The van der Waals surface area contributed by atoms with E-state index in [9.17, 15) is 8.42 Å². The molecule has 0 amide bonds. The van der Waals surface area contributed by atoms with Gasteiger partial charge in [0.05, 0.1) is 59.5 Å². The van der Waals surface area contributed by atoms with Gasteiger partial charge in [-0.1, -0.05) is 72.8 Å². The van der Waals surface area contributed by atoms with Crippen LogP contribution in [0, 0.1) is 0 Å².